The average molecular weight is 683 g/mol. The lowest BCUT2D eigenvalue weighted by atomic mass is 10.0. The quantitative estimate of drug-likeness (QED) is 0.0534. The molecule has 0 saturated heterocycles. The summed E-state index contributed by atoms with van der Waals surface area (Å²) in [4.78, 5) is 0. The molecule has 0 rings (SSSR count). The van der Waals surface area contributed by atoms with E-state index in [9.17, 15) is 61.5 Å². The van der Waals surface area contributed by atoms with Crippen molar-refractivity contribution in [3.63, 3.8) is 0 Å². The Morgan fingerprint density at radius 1 is 0.286 bits per heavy atom. The molecule has 0 aliphatic carbocycles. The van der Waals surface area contributed by atoms with E-state index in [4.69, 9.17) is 0 Å². The van der Waals surface area contributed by atoms with Gasteiger partial charge in [0.25, 0.3) is 0 Å². The van der Waals surface area contributed by atoms with E-state index in [0.29, 0.717) is 25.7 Å². The number of rotatable bonds is 25. The van der Waals surface area contributed by atoms with Gasteiger partial charge in [0.2, 0.25) is 0 Å². The van der Waals surface area contributed by atoms with Gasteiger partial charge >= 0.3 is 36.0 Å². The van der Waals surface area contributed by atoms with E-state index in [-0.39, 0.29) is 12.8 Å². The summed E-state index contributed by atoms with van der Waals surface area (Å²) in [7, 11) is 3.47. The van der Waals surface area contributed by atoms with Gasteiger partial charge in [0.1, 0.15) is 0 Å². The number of hydrogen-bond donors (Lipinski definition) is 0. The molecule has 0 bridgehead atoms. The maximum absolute atomic E-state index is 13.2. The van der Waals surface area contributed by atoms with Gasteiger partial charge in [0.15, 0.2) is 0 Å². The van der Waals surface area contributed by atoms with E-state index in [0.717, 1.165) is 62.9 Å². The molecular formula is C26H40F14S2. The molecule has 0 aliphatic heterocycles. The van der Waals surface area contributed by atoms with Crippen molar-refractivity contribution in [2.24, 2.45) is 0 Å². The fourth-order valence-corrected chi connectivity index (χ4v) is 6.28. The van der Waals surface area contributed by atoms with Gasteiger partial charge in [0.05, 0.1) is 0 Å². The molecule has 0 aromatic heterocycles. The highest BCUT2D eigenvalue weighted by molar-refractivity contribution is 8.76. The first-order chi connectivity index (χ1) is 19.2. The van der Waals surface area contributed by atoms with Gasteiger partial charge in [0, 0.05) is 24.3 Å². The molecule has 0 atom stereocenters. The van der Waals surface area contributed by atoms with E-state index >= 15 is 0 Å². The average Bonchev–Trinajstić information content (AvgIpc) is 2.85. The van der Waals surface area contributed by atoms with Crippen LogP contribution in [0.15, 0.2) is 0 Å². The molecule has 0 nitrogen and oxygen atoms in total. The minimum absolute atomic E-state index is 0.162. The number of unbranched alkanes of at least 4 members (excludes halogenated alkanes) is 14. The number of halogens is 14. The Bertz CT molecular complexity index is 635. The van der Waals surface area contributed by atoms with Gasteiger partial charge in [-0.15, -0.1) is 0 Å². The molecule has 42 heavy (non-hydrogen) atoms. The molecular weight excluding hydrogens is 642 g/mol. The molecule has 254 valence electrons. The third kappa shape index (κ3) is 15.1. The second-order valence-corrected chi connectivity index (χ2v) is 13.1. The zero-order valence-electron chi connectivity index (χ0n) is 23.3. The van der Waals surface area contributed by atoms with Gasteiger partial charge < -0.3 is 0 Å². The molecule has 0 amide bonds. The van der Waals surface area contributed by atoms with Crippen molar-refractivity contribution < 1.29 is 61.5 Å². The summed E-state index contributed by atoms with van der Waals surface area (Å²) < 4.78 is 176. The van der Waals surface area contributed by atoms with Crippen molar-refractivity contribution in [1.82, 2.24) is 0 Å². The largest absolute Gasteiger partial charge is 0.459 e. The maximum atomic E-state index is 13.2. The van der Waals surface area contributed by atoms with Gasteiger partial charge in [-0.2, -0.15) is 61.5 Å². The molecule has 0 saturated carbocycles. The SMILES string of the molecule is FC(F)(F)C(F)(F)C(F)(F)CCCCCCCCCCSSCCCCCCCCCCC(F)(F)C(F)(F)C(F)(F)F. The Kier molecular flexibility index (Phi) is 19.2. The zero-order chi connectivity index (χ0) is 32.6. The summed E-state index contributed by atoms with van der Waals surface area (Å²) in [5, 5.41) is 0. The summed E-state index contributed by atoms with van der Waals surface area (Å²) in [5.74, 6) is -20.4. The van der Waals surface area contributed by atoms with Crippen LogP contribution in [0.4, 0.5) is 61.5 Å². The predicted octanol–water partition coefficient (Wildman–Crippen LogP) is 13.1. The van der Waals surface area contributed by atoms with Crippen molar-refractivity contribution in [3.05, 3.63) is 0 Å². The number of hydrogen-bond acceptors (Lipinski definition) is 2. The summed E-state index contributed by atoms with van der Waals surface area (Å²) in [6.45, 7) is 0. The highest BCUT2D eigenvalue weighted by Gasteiger charge is 2.73. The van der Waals surface area contributed by atoms with Crippen LogP contribution in [0.25, 0.3) is 0 Å². The van der Waals surface area contributed by atoms with Crippen LogP contribution in [0.5, 0.6) is 0 Å². The molecule has 0 radical (unpaired) electrons. The maximum Gasteiger partial charge on any atom is 0.459 e. The molecule has 16 heteroatoms. The Morgan fingerprint density at radius 3 is 0.738 bits per heavy atom. The van der Waals surface area contributed by atoms with E-state index < -0.39 is 61.7 Å². The molecule has 0 fully saturated rings. The Hall–Kier alpha value is -0.280. The highest BCUT2D eigenvalue weighted by atomic mass is 33.1. The van der Waals surface area contributed by atoms with Crippen molar-refractivity contribution in [1.29, 1.82) is 0 Å². The minimum atomic E-state index is -6.28. The molecule has 0 heterocycles. The van der Waals surface area contributed by atoms with E-state index in [1.807, 2.05) is 0 Å². The summed E-state index contributed by atoms with van der Waals surface area (Å²) in [6.07, 6.45) is -6.32. The predicted molar refractivity (Wildman–Crippen MR) is 140 cm³/mol. The lowest BCUT2D eigenvalue weighted by molar-refractivity contribution is -0.356. The van der Waals surface area contributed by atoms with Gasteiger partial charge in [-0.25, -0.2) is 0 Å². The first kappa shape index (κ1) is 41.7. The second kappa shape index (κ2) is 19.3. The van der Waals surface area contributed by atoms with E-state index in [2.05, 4.69) is 0 Å². The van der Waals surface area contributed by atoms with Crippen LogP contribution in [-0.2, 0) is 0 Å². The van der Waals surface area contributed by atoms with Gasteiger partial charge in [-0.05, 0) is 25.7 Å². The van der Waals surface area contributed by atoms with Crippen LogP contribution >= 0.6 is 21.6 Å². The number of alkyl halides is 14. The Morgan fingerprint density at radius 2 is 0.500 bits per heavy atom. The van der Waals surface area contributed by atoms with Crippen LogP contribution in [-0.4, -0.2) is 47.5 Å². The van der Waals surface area contributed by atoms with Crippen LogP contribution < -0.4 is 0 Å². The third-order valence-corrected chi connectivity index (χ3v) is 9.23. The van der Waals surface area contributed by atoms with Crippen LogP contribution in [0.1, 0.15) is 116 Å². The minimum Gasteiger partial charge on any atom is -0.200 e. The standard InChI is InChI=1S/C26H40F14S2/c27-21(28,23(31,32)25(35,36)37)17-13-9-5-1-3-7-11-15-19-41-42-20-16-12-8-4-2-6-10-14-18-22(29,30)24(33,34)26(38,39)40/h1-20H2. The first-order valence-electron chi connectivity index (χ1n) is 14.1. The Labute approximate surface area is 246 Å². The highest BCUT2D eigenvalue weighted by Crippen LogP contribution is 2.49. The second-order valence-electron chi connectivity index (χ2n) is 10.4. The topological polar surface area (TPSA) is 0 Å². The molecule has 0 aromatic carbocycles. The molecule has 0 aromatic rings. The normalized spacial score (nSPS) is 14.1. The smallest absolute Gasteiger partial charge is 0.200 e. The molecule has 0 spiro atoms. The van der Waals surface area contributed by atoms with Crippen molar-refractivity contribution in [2.75, 3.05) is 11.5 Å². The fraction of sp³-hybridized carbons (Fsp3) is 1.00. The summed E-state index contributed by atoms with van der Waals surface area (Å²) >= 11 is 0. The van der Waals surface area contributed by atoms with Crippen LogP contribution in [0, 0.1) is 0 Å². The van der Waals surface area contributed by atoms with Crippen LogP contribution in [0.2, 0.25) is 0 Å². The summed E-state index contributed by atoms with van der Waals surface area (Å²) in [6, 6.07) is 0. The lowest BCUT2D eigenvalue weighted by Crippen LogP contribution is -2.51. The molecule has 0 N–H and O–H groups in total. The third-order valence-electron chi connectivity index (χ3n) is 6.65. The molecule has 0 aliphatic rings. The first-order valence-corrected chi connectivity index (χ1v) is 16.6. The monoisotopic (exact) mass is 682 g/mol. The van der Waals surface area contributed by atoms with Crippen molar-refractivity contribution in [3.8, 4) is 0 Å². The summed E-state index contributed by atoms with van der Waals surface area (Å²) in [5.41, 5.74) is 0. The Balaban J connectivity index is 3.51. The van der Waals surface area contributed by atoms with E-state index in [1.165, 1.54) is 0 Å². The molecule has 0 unspecified atom stereocenters. The fourth-order valence-electron chi connectivity index (χ4n) is 3.98. The van der Waals surface area contributed by atoms with Gasteiger partial charge in [-0.3, -0.25) is 0 Å². The van der Waals surface area contributed by atoms with Crippen LogP contribution in [0.3, 0.4) is 0 Å². The van der Waals surface area contributed by atoms with Crippen molar-refractivity contribution >= 4 is 21.6 Å². The van der Waals surface area contributed by atoms with Crippen molar-refractivity contribution in [2.45, 2.75) is 152 Å². The lowest BCUT2D eigenvalue weighted by Gasteiger charge is -2.28. The van der Waals surface area contributed by atoms with Gasteiger partial charge in [-0.1, -0.05) is 98.6 Å². The van der Waals surface area contributed by atoms with E-state index in [1.54, 1.807) is 21.6 Å². The zero-order valence-corrected chi connectivity index (χ0v) is 24.9.